The Morgan fingerprint density at radius 1 is 0.656 bits per heavy atom. The van der Waals surface area contributed by atoms with Crippen LogP contribution in [-0.4, -0.2) is 18.5 Å². The lowest BCUT2D eigenvalue weighted by molar-refractivity contribution is -0.147. The third-order valence-electron chi connectivity index (χ3n) is 6.00. The molecule has 0 aromatic heterocycles. The minimum Gasteiger partial charge on any atom is -0.466 e. The standard InChI is InChI=1S/C28H46O4/c1-4-5-6-7-8-9-10-11-12-13-14-15-16-17-22-31-27(29)20-21-28(30)32-26-19-18-24(2)25(3)23-26/h18-19,23H,4-17,20-22H2,1-3H3. The Morgan fingerprint density at radius 2 is 1.16 bits per heavy atom. The monoisotopic (exact) mass is 446 g/mol. The molecule has 4 nitrogen and oxygen atoms in total. The van der Waals surface area contributed by atoms with Crippen molar-refractivity contribution in [1.82, 2.24) is 0 Å². The van der Waals surface area contributed by atoms with Gasteiger partial charge in [-0.1, -0.05) is 96.5 Å². The van der Waals surface area contributed by atoms with Crippen LogP contribution >= 0.6 is 0 Å². The maximum atomic E-state index is 11.9. The molecule has 0 heterocycles. The average Bonchev–Trinajstić information content (AvgIpc) is 2.77. The number of aryl methyl sites for hydroxylation is 2. The third-order valence-corrected chi connectivity index (χ3v) is 6.00. The third kappa shape index (κ3) is 15.0. The van der Waals surface area contributed by atoms with E-state index in [-0.39, 0.29) is 18.8 Å². The first-order chi connectivity index (χ1) is 15.5. The fourth-order valence-corrected chi connectivity index (χ4v) is 3.72. The minimum absolute atomic E-state index is 0.0461. The van der Waals surface area contributed by atoms with Crippen LogP contribution < -0.4 is 4.74 Å². The first-order valence-electron chi connectivity index (χ1n) is 13.0. The van der Waals surface area contributed by atoms with Gasteiger partial charge in [-0.3, -0.25) is 9.59 Å². The molecule has 0 bridgehead atoms. The van der Waals surface area contributed by atoms with Gasteiger partial charge in [0.05, 0.1) is 19.4 Å². The zero-order valence-corrected chi connectivity index (χ0v) is 20.9. The number of rotatable bonds is 19. The molecule has 0 saturated carbocycles. The topological polar surface area (TPSA) is 52.6 Å². The van der Waals surface area contributed by atoms with Crippen LogP contribution in [0.15, 0.2) is 18.2 Å². The molecule has 0 N–H and O–H groups in total. The number of unbranched alkanes of at least 4 members (excludes halogenated alkanes) is 13. The van der Waals surface area contributed by atoms with Gasteiger partial charge in [0.25, 0.3) is 0 Å². The first-order valence-corrected chi connectivity index (χ1v) is 13.0. The predicted molar refractivity (Wildman–Crippen MR) is 132 cm³/mol. The van der Waals surface area contributed by atoms with Crippen LogP contribution in [0.3, 0.4) is 0 Å². The van der Waals surface area contributed by atoms with Crippen LogP contribution in [0, 0.1) is 13.8 Å². The molecule has 0 aliphatic heterocycles. The number of esters is 2. The molecule has 0 fully saturated rings. The van der Waals surface area contributed by atoms with E-state index in [1.165, 1.54) is 77.0 Å². The van der Waals surface area contributed by atoms with Crippen molar-refractivity contribution in [3.63, 3.8) is 0 Å². The molecule has 1 aromatic carbocycles. The van der Waals surface area contributed by atoms with Crippen LogP contribution in [0.25, 0.3) is 0 Å². The Hall–Kier alpha value is -1.84. The maximum Gasteiger partial charge on any atom is 0.311 e. The average molecular weight is 447 g/mol. The molecule has 1 aromatic rings. The predicted octanol–water partition coefficient (Wildman–Crippen LogP) is 8.01. The Bertz CT molecular complexity index is 638. The lowest BCUT2D eigenvalue weighted by atomic mass is 10.0. The zero-order valence-electron chi connectivity index (χ0n) is 20.9. The summed E-state index contributed by atoms with van der Waals surface area (Å²) in [4.78, 5) is 23.7. The fourth-order valence-electron chi connectivity index (χ4n) is 3.72. The molecule has 0 unspecified atom stereocenters. The fraction of sp³-hybridized carbons (Fsp3) is 0.714. The number of ether oxygens (including phenoxy) is 2. The summed E-state index contributed by atoms with van der Waals surface area (Å²) in [5.74, 6) is -0.202. The van der Waals surface area contributed by atoms with E-state index >= 15 is 0 Å². The Labute approximate surface area is 196 Å². The highest BCUT2D eigenvalue weighted by Crippen LogP contribution is 2.17. The number of hydrogen-bond acceptors (Lipinski definition) is 4. The summed E-state index contributed by atoms with van der Waals surface area (Å²) in [6.07, 6.45) is 18.4. The van der Waals surface area contributed by atoms with Crippen LogP contribution in [0.2, 0.25) is 0 Å². The Morgan fingerprint density at radius 3 is 1.69 bits per heavy atom. The van der Waals surface area contributed by atoms with E-state index < -0.39 is 5.97 Å². The molecular weight excluding hydrogens is 400 g/mol. The summed E-state index contributed by atoms with van der Waals surface area (Å²) in [6.45, 7) is 6.70. The van der Waals surface area contributed by atoms with Crippen molar-refractivity contribution in [2.24, 2.45) is 0 Å². The van der Waals surface area contributed by atoms with Gasteiger partial charge in [-0.05, 0) is 43.5 Å². The smallest absolute Gasteiger partial charge is 0.311 e. The molecule has 32 heavy (non-hydrogen) atoms. The second-order valence-corrected chi connectivity index (χ2v) is 9.04. The van der Waals surface area contributed by atoms with E-state index in [0.717, 1.165) is 24.0 Å². The van der Waals surface area contributed by atoms with E-state index in [4.69, 9.17) is 9.47 Å². The summed E-state index contributed by atoms with van der Waals surface area (Å²) < 4.78 is 10.5. The molecule has 0 amide bonds. The minimum atomic E-state index is -0.401. The van der Waals surface area contributed by atoms with Gasteiger partial charge in [-0.2, -0.15) is 0 Å². The van der Waals surface area contributed by atoms with Gasteiger partial charge in [-0.25, -0.2) is 0 Å². The van der Waals surface area contributed by atoms with E-state index in [1.807, 2.05) is 26.0 Å². The van der Waals surface area contributed by atoms with Crippen LogP contribution in [0.5, 0.6) is 5.75 Å². The molecule has 182 valence electrons. The molecule has 0 spiro atoms. The van der Waals surface area contributed by atoms with Crippen molar-refractivity contribution in [3.8, 4) is 5.75 Å². The molecular formula is C28H46O4. The lowest BCUT2D eigenvalue weighted by Gasteiger charge is -2.07. The van der Waals surface area contributed by atoms with E-state index in [2.05, 4.69) is 6.92 Å². The van der Waals surface area contributed by atoms with Crippen LogP contribution in [0.4, 0.5) is 0 Å². The van der Waals surface area contributed by atoms with Crippen molar-refractivity contribution in [2.75, 3.05) is 6.61 Å². The van der Waals surface area contributed by atoms with Crippen molar-refractivity contribution in [2.45, 2.75) is 124 Å². The van der Waals surface area contributed by atoms with Crippen molar-refractivity contribution < 1.29 is 19.1 Å². The van der Waals surface area contributed by atoms with Crippen LogP contribution in [0.1, 0.15) is 121 Å². The van der Waals surface area contributed by atoms with Gasteiger partial charge in [0.2, 0.25) is 0 Å². The van der Waals surface area contributed by atoms with Gasteiger partial charge < -0.3 is 9.47 Å². The number of hydrogen-bond donors (Lipinski definition) is 0. The summed E-state index contributed by atoms with van der Waals surface area (Å²) in [6, 6.07) is 5.53. The van der Waals surface area contributed by atoms with Crippen molar-refractivity contribution in [1.29, 1.82) is 0 Å². The molecule has 0 aliphatic rings. The molecule has 0 aliphatic carbocycles. The normalized spacial score (nSPS) is 10.8. The highest BCUT2D eigenvalue weighted by molar-refractivity contribution is 5.79. The Kier molecular flexibility index (Phi) is 16.5. The van der Waals surface area contributed by atoms with E-state index in [1.54, 1.807) is 6.07 Å². The van der Waals surface area contributed by atoms with Gasteiger partial charge in [0.1, 0.15) is 5.75 Å². The van der Waals surface area contributed by atoms with E-state index in [0.29, 0.717) is 12.4 Å². The molecule has 0 atom stereocenters. The quantitative estimate of drug-likeness (QED) is 0.123. The van der Waals surface area contributed by atoms with E-state index in [9.17, 15) is 9.59 Å². The summed E-state index contributed by atoms with van der Waals surface area (Å²) in [5.41, 5.74) is 2.22. The first kappa shape index (κ1) is 28.2. The van der Waals surface area contributed by atoms with Crippen molar-refractivity contribution >= 4 is 11.9 Å². The van der Waals surface area contributed by atoms with Gasteiger partial charge in [0.15, 0.2) is 0 Å². The summed E-state index contributed by atoms with van der Waals surface area (Å²) in [7, 11) is 0. The second kappa shape index (κ2) is 18.7. The highest BCUT2D eigenvalue weighted by Gasteiger charge is 2.10. The van der Waals surface area contributed by atoms with Crippen molar-refractivity contribution in [3.05, 3.63) is 29.3 Å². The SMILES string of the molecule is CCCCCCCCCCCCCCCCOC(=O)CCC(=O)Oc1ccc(C)c(C)c1. The number of carbonyl (C=O) groups excluding carboxylic acids is 2. The number of benzene rings is 1. The number of carbonyl (C=O) groups is 2. The van der Waals surface area contributed by atoms with Crippen LogP contribution in [-0.2, 0) is 14.3 Å². The molecule has 4 heteroatoms. The van der Waals surface area contributed by atoms with Gasteiger partial charge >= 0.3 is 11.9 Å². The summed E-state index contributed by atoms with van der Waals surface area (Å²) >= 11 is 0. The molecule has 0 radical (unpaired) electrons. The molecule has 0 saturated heterocycles. The lowest BCUT2D eigenvalue weighted by Crippen LogP contribution is -2.13. The van der Waals surface area contributed by atoms with Gasteiger partial charge in [-0.15, -0.1) is 0 Å². The highest BCUT2D eigenvalue weighted by atomic mass is 16.5. The Balaban J connectivity index is 1.89. The summed E-state index contributed by atoms with van der Waals surface area (Å²) in [5, 5.41) is 0. The largest absolute Gasteiger partial charge is 0.466 e. The second-order valence-electron chi connectivity index (χ2n) is 9.04. The zero-order chi connectivity index (χ0) is 23.4. The van der Waals surface area contributed by atoms with Gasteiger partial charge in [0, 0.05) is 0 Å². The molecule has 1 rings (SSSR count). The maximum absolute atomic E-state index is 11.9.